The largest absolute Gasteiger partial charge is 0.353 e. The second-order valence-corrected chi connectivity index (χ2v) is 6.50. The first-order valence-corrected chi connectivity index (χ1v) is 8.62. The van der Waals surface area contributed by atoms with Gasteiger partial charge in [0, 0.05) is 38.6 Å². The SMILES string of the molecule is CN(Cc1ccccc1)C(=O)NCCC(=O)NC1CCC(N)CC1. The Labute approximate surface area is 143 Å². The molecular formula is C18H28N4O2. The lowest BCUT2D eigenvalue weighted by atomic mass is 9.92. The van der Waals surface area contributed by atoms with Crippen LogP contribution in [-0.4, -0.2) is 42.5 Å². The molecule has 1 fully saturated rings. The van der Waals surface area contributed by atoms with Gasteiger partial charge in [-0.1, -0.05) is 30.3 Å². The molecule has 1 aromatic carbocycles. The number of rotatable bonds is 6. The average Bonchev–Trinajstić information content (AvgIpc) is 2.57. The van der Waals surface area contributed by atoms with Gasteiger partial charge in [0.15, 0.2) is 0 Å². The maximum atomic E-state index is 12.0. The summed E-state index contributed by atoms with van der Waals surface area (Å²) in [6.45, 7) is 0.886. The highest BCUT2D eigenvalue weighted by Gasteiger charge is 2.19. The quantitative estimate of drug-likeness (QED) is 0.739. The van der Waals surface area contributed by atoms with E-state index in [1.807, 2.05) is 30.3 Å². The van der Waals surface area contributed by atoms with Crippen LogP contribution in [0.5, 0.6) is 0 Å². The summed E-state index contributed by atoms with van der Waals surface area (Å²) < 4.78 is 0. The van der Waals surface area contributed by atoms with E-state index in [9.17, 15) is 9.59 Å². The van der Waals surface area contributed by atoms with E-state index in [-0.39, 0.29) is 24.0 Å². The monoisotopic (exact) mass is 332 g/mol. The number of nitrogens with zero attached hydrogens (tertiary/aromatic N) is 1. The molecule has 0 bridgehead atoms. The van der Waals surface area contributed by atoms with Crippen molar-refractivity contribution in [3.8, 4) is 0 Å². The van der Waals surface area contributed by atoms with Crippen molar-refractivity contribution in [2.24, 2.45) is 5.73 Å². The van der Waals surface area contributed by atoms with Crippen LogP contribution >= 0.6 is 0 Å². The topological polar surface area (TPSA) is 87.5 Å². The highest BCUT2D eigenvalue weighted by Crippen LogP contribution is 2.16. The Balaban J connectivity index is 1.62. The van der Waals surface area contributed by atoms with Crippen LogP contribution in [0.2, 0.25) is 0 Å². The van der Waals surface area contributed by atoms with Crippen LogP contribution in [0.25, 0.3) is 0 Å². The van der Waals surface area contributed by atoms with Gasteiger partial charge in [-0.05, 0) is 31.2 Å². The highest BCUT2D eigenvalue weighted by molar-refractivity contribution is 5.78. The van der Waals surface area contributed by atoms with E-state index < -0.39 is 0 Å². The number of carbonyl (C=O) groups excluding carboxylic acids is 2. The fourth-order valence-electron chi connectivity index (χ4n) is 2.91. The van der Waals surface area contributed by atoms with Crippen LogP contribution in [0, 0.1) is 0 Å². The summed E-state index contributed by atoms with van der Waals surface area (Å²) in [5.41, 5.74) is 6.93. The number of nitrogens with one attached hydrogen (secondary N) is 2. The van der Waals surface area contributed by atoms with Gasteiger partial charge in [-0.3, -0.25) is 4.79 Å². The van der Waals surface area contributed by atoms with Crippen LogP contribution in [0.4, 0.5) is 4.79 Å². The fourth-order valence-corrected chi connectivity index (χ4v) is 2.91. The minimum Gasteiger partial charge on any atom is -0.353 e. The molecule has 1 saturated carbocycles. The van der Waals surface area contributed by atoms with Gasteiger partial charge >= 0.3 is 6.03 Å². The molecule has 0 aliphatic heterocycles. The molecule has 0 aromatic heterocycles. The van der Waals surface area contributed by atoms with Crippen molar-refractivity contribution in [2.45, 2.75) is 50.7 Å². The van der Waals surface area contributed by atoms with E-state index in [0.717, 1.165) is 31.2 Å². The first-order chi connectivity index (χ1) is 11.5. The van der Waals surface area contributed by atoms with Gasteiger partial charge in [-0.15, -0.1) is 0 Å². The maximum absolute atomic E-state index is 12.0. The van der Waals surface area contributed by atoms with Gasteiger partial charge in [0.2, 0.25) is 5.91 Å². The molecular weight excluding hydrogens is 304 g/mol. The molecule has 1 aliphatic rings. The van der Waals surface area contributed by atoms with Gasteiger partial charge in [-0.25, -0.2) is 4.79 Å². The third-order valence-electron chi connectivity index (χ3n) is 4.37. The molecule has 0 spiro atoms. The molecule has 0 heterocycles. The van der Waals surface area contributed by atoms with Crippen molar-refractivity contribution < 1.29 is 9.59 Å². The van der Waals surface area contributed by atoms with Crippen LogP contribution in [0.3, 0.4) is 0 Å². The van der Waals surface area contributed by atoms with Gasteiger partial charge in [0.25, 0.3) is 0 Å². The summed E-state index contributed by atoms with van der Waals surface area (Å²) in [6.07, 6.45) is 4.11. The van der Waals surface area contributed by atoms with Crippen molar-refractivity contribution >= 4 is 11.9 Å². The standard InChI is InChI=1S/C18H28N4O2/c1-22(13-14-5-3-2-4-6-14)18(24)20-12-11-17(23)21-16-9-7-15(19)8-10-16/h2-6,15-16H,7-13,19H2,1H3,(H,20,24)(H,21,23). The average molecular weight is 332 g/mol. The van der Waals surface area contributed by atoms with E-state index in [1.165, 1.54) is 0 Å². The Kier molecular flexibility index (Phi) is 7.06. The summed E-state index contributed by atoms with van der Waals surface area (Å²) in [5, 5.41) is 5.81. The molecule has 0 unspecified atom stereocenters. The number of hydrogen-bond donors (Lipinski definition) is 3. The first-order valence-electron chi connectivity index (χ1n) is 8.62. The Morgan fingerprint density at radius 3 is 2.50 bits per heavy atom. The van der Waals surface area contributed by atoms with Crippen LogP contribution < -0.4 is 16.4 Å². The molecule has 2 rings (SSSR count). The Bertz CT molecular complexity index is 527. The van der Waals surface area contributed by atoms with Gasteiger partial charge < -0.3 is 21.3 Å². The third-order valence-corrected chi connectivity index (χ3v) is 4.37. The zero-order chi connectivity index (χ0) is 17.4. The molecule has 6 heteroatoms. The lowest BCUT2D eigenvalue weighted by Crippen LogP contribution is -2.42. The number of urea groups is 1. The Morgan fingerprint density at radius 2 is 1.83 bits per heavy atom. The molecule has 1 aliphatic carbocycles. The van der Waals surface area contributed by atoms with Crippen molar-refractivity contribution in [1.82, 2.24) is 15.5 Å². The summed E-state index contributed by atoms with van der Waals surface area (Å²) in [5.74, 6) is -0.0125. The zero-order valence-corrected chi connectivity index (χ0v) is 14.3. The molecule has 3 amide bonds. The second-order valence-electron chi connectivity index (χ2n) is 6.50. The van der Waals surface area contributed by atoms with E-state index >= 15 is 0 Å². The fraction of sp³-hybridized carbons (Fsp3) is 0.556. The van der Waals surface area contributed by atoms with Crippen LogP contribution in [0.15, 0.2) is 30.3 Å². The normalized spacial score (nSPS) is 20.2. The number of hydrogen-bond acceptors (Lipinski definition) is 3. The number of carbonyl (C=O) groups is 2. The van der Waals surface area contributed by atoms with Gasteiger partial charge in [0.05, 0.1) is 0 Å². The smallest absolute Gasteiger partial charge is 0.317 e. The second kappa shape index (κ2) is 9.27. The predicted octanol–water partition coefficient (Wildman–Crippen LogP) is 1.60. The summed E-state index contributed by atoms with van der Waals surface area (Å²) >= 11 is 0. The van der Waals surface area contributed by atoms with E-state index in [1.54, 1.807) is 11.9 Å². The molecule has 6 nitrogen and oxygen atoms in total. The van der Waals surface area contributed by atoms with E-state index in [2.05, 4.69) is 10.6 Å². The molecule has 24 heavy (non-hydrogen) atoms. The van der Waals surface area contributed by atoms with Crippen LogP contribution in [-0.2, 0) is 11.3 Å². The van der Waals surface area contributed by atoms with E-state index in [4.69, 9.17) is 5.73 Å². The predicted molar refractivity (Wildman–Crippen MR) is 94.3 cm³/mol. The summed E-state index contributed by atoms with van der Waals surface area (Å²) in [4.78, 5) is 25.6. The van der Waals surface area contributed by atoms with Gasteiger partial charge in [0.1, 0.15) is 0 Å². The Morgan fingerprint density at radius 1 is 1.17 bits per heavy atom. The summed E-state index contributed by atoms with van der Waals surface area (Å²) in [6, 6.07) is 10.1. The van der Waals surface area contributed by atoms with Crippen molar-refractivity contribution in [3.63, 3.8) is 0 Å². The third kappa shape index (κ3) is 6.20. The van der Waals surface area contributed by atoms with Crippen molar-refractivity contribution in [1.29, 1.82) is 0 Å². The van der Waals surface area contributed by atoms with Crippen LogP contribution in [0.1, 0.15) is 37.7 Å². The lowest BCUT2D eigenvalue weighted by molar-refractivity contribution is -0.121. The number of nitrogens with two attached hydrogens (primary N) is 1. The van der Waals surface area contributed by atoms with Crippen molar-refractivity contribution in [3.05, 3.63) is 35.9 Å². The first kappa shape index (κ1) is 18.3. The molecule has 4 N–H and O–H groups in total. The summed E-state index contributed by atoms with van der Waals surface area (Å²) in [7, 11) is 1.74. The maximum Gasteiger partial charge on any atom is 0.317 e. The minimum atomic E-state index is -0.171. The molecule has 132 valence electrons. The highest BCUT2D eigenvalue weighted by atomic mass is 16.2. The number of amides is 3. The zero-order valence-electron chi connectivity index (χ0n) is 14.3. The van der Waals surface area contributed by atoms with Crippen molar-refractivity contribution in [2.75, 3.05) is 13.6 Å². The molecule has 0 atom stereocenters. The van der Waals surface area contributed by atoms with Gasteiger partial charge in [-0.2, -0.15) is 0 Å². The molecule has 1 aromatic rings. The molecule has 0 saturated heterocycles. The Hall–Kier alpha value is -2.08. The molecule has 0 radical (unpaired) electrons. The van der Waals surface area contributed by atoms with E-state index in [0.29, 0.717) is 19.5 Å². The minimum absolute atomic E-state index is 0.0125. The number of benzene rings is 1. The lowest BCUT2D eigenvalue weighted by Gasteiger charge is -2.26.